The van der Waals surface area contributed by atoms with Gasteiger partial charge in [-0.15, -0.1) is 0 Å². The molecule has 0 radical (unpaired) electrons. The Labute approximate surface area is 121 Å². The average Bonchev–Trinajstić information content (AvgIpc) is 2.72. The van der Waals surface area contributed by atoms with Crippen molar-refractivity contribution in [2.24, 2.45) is 0 Å². The minimum atomic E-state index is -1.06. The maximum atomic E-state index is 12.5. The molecule has 3 rings (SSSR count). The van der Waals surface area contributed by atoms with E-state index in [0.29, 0.717) is 16.9 Å². The van der Waals surface area contributed by atoms with Crippen LogP contribution in [0.25, 0.3) is 5.70 Å². The topological polar surface area (TPSA) is 57.6 Å². The fourth-order valence-corrected chi connectivity index (χ4v) is 2.56. The smallest absolute Gasteiger partial charge is 0.337 e. The van der Waals surface area contributed by atoms with E-state index in [2.05, 4.69) is 6.58 Å². The molecule has 0 aliphatic carbocycles. The predicted molar refractivity (Wildman–Crippen MR) is 80.4 cm³/mol. The first-order chi connectivity index (χ1) is 10.0. The van der Waals surface area contributed by atoms with Crippen LogP contribution in [0.5, 0.6) is 0 Å². The number of hydrogen-bond donors (Lipinski definition) is 1. The molecule has 0 saturated carbocycles. The van der Waals surface area contributed by atoms with E-state index in [-0.39, 0.29) is 11.5 Å². The fraction of sp³-hybridized carbons (Fsp3) is 0.0588. The molecule has 1 aliphatic heterocycles. The Morgan fingerprint density at radius 2 is 1.81 bits per heavy atom. The third-order valence-corrected chi connectivity index (χ3v) is 3.56. The zero-order chi connectivity index (χ0) is 15.1. The number of aromatic carboxylic acids is 1. The fourth-order valence-electron chi connectivity index (χ4n) is 2.56. The molecule has 1 amide bonds. The molecule has 0 fully saturated rings. The van der Waals surface area contributed by atoms with Crippen LogP contribution in [-0.4, -0.2) is 17.0 Å². The summed E-state index contributed by atoms with van der Waals surface area (Å²) in [5.41, 5.74) is 3.04. The number of benzene rings is 2. The second-order valence-electron chi connectivity index (χ2n) is 4.96. The molecule has 0 unspecified atom stereocenters. The summed E-state index contributed by atoms with van der Waals surface area (Å²) < 4.78 is 0. The van der Waals surface area contributed by atoms with E-state index < -0.39 is 5.97 Å². The Kier molecular flexibility index (Phi) is 2.87. The van der Waals surface area contributed by atoms with Crippen molar-refractivity contribution in [3.63, 3.8) is 0 Å². The summed E-state index contributed by atoms with van der Waals surface area (Å²) in [4.78, 5) is 25.4. The Bertz CT molecular complexity index is 757. The Balaban J connectivity index is 2.18. The number of carboxylic acids is 1. The minimum absolute atomic E-state index is 0.0947. The number of carbonyl (C=O) groups is 2. The number of aryl methyl sites for hydroxylation is 1. The summed E-state index contributed by atoms with van der Waals surface area (Å²) in [6.07, 6.45) is 0. The van der Waals surface area contributed by atoms with Crippen LogP contribution in [0, 0.1) is 6.92 Å². The van der Waals surface area contributed by atoms with Crippen molar-refractivity contribution in [3.05, 3.63) is 71.3 Å². The van der Waals surface area contributed by atoms with Gasteiger partial charge in [-0.2, -0.15) is 0 Å². The highest BCUT2D eigenvalue weighted by molar-refractivity contribution is 6.23. The zero-order valence-electron chi connectivity index (χ0n) is 11.5. The van der Waals surface area contributed by atoms with E-state index in [1.54, 1.807) is 30.3 Å². The number of amides is 1. The van der Waals surface area contributed by atoms with E-state index >= 15 is 0 Å². The Hall–Kier alpha value is -2.88. The molecule has 0 atom stereocenters. The molecule has 0 spiro atoms. The highest BCUT2D eigenvalue weighted by atomic mass is 16.4. The third-order valence-electron chi connectivity index (χ3n) is 3.56. The average molecular weight is 279 g/mol. The Morgan fingerprint density at radius 3 is 2.43 bits per heavy atom. The number of nitrogens with zero attached hydrogens (tertiary/aromatic N) is 1. The molecule has 2 aromatic carbocycles. The van der Waals surface area contributed by atoms with Crippen LogP contribution < -0.4 is 4.90 Å². The van der Waals surface area contributed by atoms with Crippen molar-refractivity contribution in [2.45, 2.75) is 6.92 Å². The second-order valence-corrected chi connectivity index (χ2v) is 4.96. The maximum Gasteiger partial charge on any atom is 0.337 e. The van der Waals surface area contributed by atoms with Gasteiger partial charge in [-0.3, -0.25) is 9.69 Å². The number of fused-ring (bicyclic) bond motifs is 1. The van der Waals surface area contributed by atoms with Crippen LogP contribution in [0.15, 0.2) is 49.0 Å². The molecule has 21 heavy (non-hydrogen) atoms. The summed E-state index contributed by atoms with van der Waals surface area (Å²) in [6, 6.07) is 12.1. The molecular weight excluding hydrogens is 266 g/mol. The van der Waals surface area contributed by atoms with Gasteiger partial charge in [-0.1, -0.05) is 36.4 Å². The highest BCUT2D eigenvalue weighted by Crippen LogP contribution is 2.37. The molecule has 0 aromatic heterocycles. The summed E-state index contributed by atoms with van der Waals surface area (Å²) in [7, 11) is 0. The SMILES string of the molecule is C=C1c2ccccc2C(=O)N1c1ccc(C)cc1C(=O)O. The van der Waals surface area contributed by atoms with Gasteiger partial charge < -0.3 is 5.11 Å². The molecular formula is C17H13NO3. The maximum absolute atomic E-state index is 12.5. The largest absolute Gasteiger partial charge is 0.478 e. The van der Waals surface area contributed by atoms with Crippen LogP contribution in [0.4, 0.5) is 5.69 Å². The summed E-state index contributed by atoms with van der Waals surface area (Å²) in [5.74, 6) is -1.31. The first-order valence-electron chi connectivity index (χ1n) is 6.47. The highest BCUT2D eigenvalue weighted by Gasteiger charge is 2.33. The van der Waals surface area contributed by atoms with E-state index in [9.17, 15) is 14.7 Å². The lowest BCUT2D eigenvalue weighted by atomic mass is 10.1. The van der Waals surface area contributed by atoms with Crippen LogP contribution in [0.2, 0.25) is 0 Å². The van der Waals surface area contributed by atoms with Crippen LogP contribution in [0.3, 0.4) is 0 Å². The molecule has 2 aromatic rings. The van der Waals surface area contributed by atoms with Gasteiger partial charge in [0.15, 0.2) is 0 Å². The van der Waals surface area contributed by atoms with Crippen LogP contribution in [-0.2, 0) is 0 Å². The summed E-state index contributed by atoms with van der Waals surface area (Å²) in [6.45, 7) is 5.75. The van der Waals surface area contributed by atoms with Gasteiger partial charge >= 0.3 is 5.97 Å². The number of anilines is 1. The first-order valence-corrected chi connectivity index (χ1v) is 6.47. The van der Waals surface area contributed by atoms with E-state index in [1.165, 1.54) is 4.90 Å². The molecule has 1 heterocycles. The molecule has 104 valence electrons. The quantitative estimate of drug-likeness (QED) is 0.917. The number of hydrogen-bond acceptors (Lipinski definition) is 2. The summed E-state index contributed by atoms with van der Waals surface area (Å²) in [5, 5.41) is 9.37. The molecule has 4 heteroatoms. The van der Waals surface area contributed by atoms with Gasteiger partial charge in [-0.05, 0) is 25.1 Å². The lowest BCUT2D eigenvalue weighted by Gasteiger charge is -2.20. The van der Waals surface area contributed by atoms with Gasteiger partial charge in [0.2, 0.25) is 0 Å². The minimum Gasteiger partial charge on any atom is -0.478 e. The molecule has 1 N–H and O–H groups in total. The standard InChI is InChI=1S/C17H13NO3/c1-10-7-8-15(14(9-10)17(20)21)18-11(2)12-5-3-4-6-13(12)16(18)19/h3-9H,2H2,1H3,(H,20,21). The van der Waals surface area contributed by atoms with Gasteiger partial charge in [0.05, 0.1) is 16.9 Å². The summed E-state index contributed by atoms with van der Waals surface area (Å²) >= 11 is 0. The van der Waals surface area contributed by atoms with Crippen molar-refractivity contribution in [1.29, 1.82) is 0 Å². The molecule has 1 aliphatic rings. The van der Waals surface area contributed by atoms with Crippen molar-refractivity contribution in [1.82, 2.24) is 0 Å². The lowest BCUT2D eigenvalue weighted by Crippen LogP contribution is -2.24. The van der Waals surface area contributed by atoms with Crippen LogP contribution in [0.1, 0.15) is 31.8 Å². The van der Waals surface area contributed by atoms with Gasteiger partial charge in [0.25, 0.3) is 5.91 Å². The Morgan fingerprint density at radius 1 is 1.14 bits per heavy atom. The van der Waals surface area contributed by atoms with Crippen molar-refractivity contribution in [2.75, 3.05) is 4.90 Å². The normalized spacial score (nSPS) is 13.5. The van der Waals surface area contributed by atoms with E-state index in [0.717, 1.165) is 11.1 Å². The zero-order valence-corrected chi connectivity index (χ0v) is 11.5. The van der Waals surface area contributed by atoms with E-state index in [4.69, 9.17) is 0 Å². The third kappa shape index (κ3) is 1.92. The molecule has 0 saturated heterocycles. The molecule has 4 nitrogen and oxygen atoms in total. The van der Waals surface area contributed by atoms with Crippen molar-refractivity contribution >= 4 is 23.3 Å². The van der Waals surface area contributed by atoms with Gasteiger partial charge in [-0.25, -0.2) is 4.79 Å². The predicted octanol–water partition coefficient (Wildman–Crippen LogP) is 3.32. The lowest BCUT2D eigenvalue weighted by molar-refractivity contribution is 0.0697. The monoisotopic (exact) mass is 279 g/mol. The van der Waals surface area contributed by atoms with Crippen molar-refractivity contribution < 1.29 is 14.7 Å². The van der Waals surface area contributed by atoms with E-state index in [1.807, 2.05) is 19.1 Å². The van der Waals surface area contributed by atoms with Crippen molar-refractivity contribution in [3.8, 4) is 0 Å². The number of rotatable bonds is 2. The van der Waals surface area contributed by atoms with Gasteiger partial charge in [0, 0.05) is 11.1 Å². The number of carbonyl (C=O) groups excluding carboxylic acids is 1. The molecule has 0 bridgehead atoms. The van der Waals surface area contributed by atoms with Gasteiger partial charge in [0.1, 0.15) is 0 Å². The second kappa shape index (κ2) is 4.59. The first kappa shape index (κ1) is 13.1. The van der Waals surface area contributed by atoms with Crippen LogP contribution >= 0.6 is 0 Å². The number of carboxylic acid groups (broad SMARTS) is 1.